The zero-order valence-electron chi connectivity index (χ0n) is 9.88. The lowest BCUT2D eigenvalue weighted by atomic mass is 10.1. The van der Waals surface area contributed by atoms with Gasteiger partial charge in [-0.15, -0.1) is 0 Å². The van der Waals surface area contributed by atoms with Crippen LogP contribution in [0.25, 0.3) is 0 Å². The van der Waals surface area contributed by atoms with Gasteiger partial charge >= 0.3 is 0 Å². The average Bonchev–Trinajstić information content (AvgIpc) is 2.85. The maximum atomic E-state index is 13.2. The van der Waals surface area contributed by atoms with Crippen molar-refractivity contribution in [1.29, 1.82) is 0 Å². The molecule has 1 aromatic carbocycles. The zero-order valence-corrected chi connectivity index (χ0v) is 9.88. The van der Waals surface area contributed by atoms with Gasteiger partial charge in [-0.1, -0.05) is 5.16 Å². The van der Waals surface area contributed by atoms with Gasteiger partial charge in [-0.2, -0.15) is 0 Å². The molecule has 6 heteroatoms. The molecular weight excluding hydrogens is 237 g/mol. The van der Waals surface area contributed by atoms with E-state index in [1.54, 1.807) is 6.07 Å². The minimum absolute atomic E-state index is 0.000652. The summed E-state index contributed by atoms with van der Waals surface area (Å²) in [7, 11) is 0. The number of halogens is 1. The third-order valence-electron chi connectivity index (χ3n) is 3.24. The number of amidine groups is 1. The summed E-state index contributed by atoms with van der Waals surface area (Å²) in [6.07, 6.45) is 1.84. The summed E-state index contributed by atoms with van der Waals surface area (Å²) < 4.78 is 13.2. The monoisotopic (exact) mass is 253 g/mol. The van der Waals surface area contributed by atoms with Crippen molar-refractivity contribution in [3.05, 3.63) is 29.6 Å². The van der Waals surface area contributed by atoms with Crippen LogP contribution >= 0.6 is 0 Å². The van der Waals surface area contributed by atoms with Gasteiger partial charge in [-0.05, 0) is 31.0 Å². The molecule has 1 aliphatic rings. The molecule has 1 fully saturated rings. The second-order valence-electron chi connectivity index (χ2n) is 4.32. The third kappa shape index (κ3) is 2.24. The van der Waals surface area contributed by atoms with Crippen LogP contribution in [0.3, 0.4) is 0 Å². The summed E-state index contributed by atoms with van der Waals surface area (Å²) in [5, 5.41) is 21.0. The lowest BCUT2D eigenvalue weighted by Gasteiger charge is -2.27. The van der Waals surface area contributed by atoms with E-state index in [-0.39, 0.29) is 18.5 Å². The van der Waals surface area contributed by atoms with E-state index in [0.29, 0.717) is 11.3 Å². The molecule has 98 valence electrons. The van der Waals surface area contributed by atoms with Crippen LogP contribution in [-0.4, -0.2) is 35.3 Å². The molecule has 0 aliphatic carbocycles. The van der Waals surface area contributed by atoms with Crippen LogP contribution in [0.2, 0.25) is 0 Å². The first-order valence-corrected chi connectivity index (χ1v) is 5.82. The molecule has 1 saturated heterocycles. The molecule has 0 spiro atoms. The Bertz CT molecular complexity index is 465. The third-order valence-corrected chi connectivity index (χ3v) is 3.24. The van der Waals surface area contributed by atoms with Gasteiger partial charge in [-0.3, -0.25) is 0 Å². The summed E-state index contributed by atoms with van der Waals surface area (Å²) in [5.74, 6) is -0.576. The second kappa shape index (κ2) is 5.22. The fourth-order valence-electron chi connectivity index (χ4n) is 2.36. The number of rotatable bonds is 3. The Morgan fingerprint density at radius 3 is 3.00 bits per heavy atom. The van der Waals surface area contributed by atoms with Crippen LogP contribution in [0.5, 0.6) is 0 Å². The highest BCUT2D eigenvalue weighted by Crippen LogP contribution is 2.29. The number of nitrogens with two attached hydrogens (primary N) is 1. The predicted octanol–water partition coefficient (Wildman–Crippen LogP) is 0.881. The van der Waals surface area contributed by atoms with Gasteiger partial charge in [0.05, 0.1) is 12.6 Å². The molecule has 0 aromatic heterocycles. The minimum Gasteiger partial charge on any atom is -0.409 e. The van der Waals surface area contributed by atoms with Gasteiger partial charge < -0.3 is 20.9 Å². The van der Waals surface area contributed by atoms with E-state index in [0.717, 1.165) is 19.4 Å². The molecule has 1 unspecified atom stereocenters. The highest BCUT2D eigenvalue weighted by Gasteiger charge is 2.26. The fourth-order valence-corrected chi connectivity index (χ4v) is 2.36. The first-order chi connectivity index (χ1) is 8.67. The van der Waals surface area contributed by atoms with Crippen LogP contribution in [0.4, 0.5) is 10.1 Å². The molecule has 1 aromatic rings. The number of nitrogens with zero attached hydrogens (tertiary/aromatic N) is 2. The highest BCUT2D eigenvalue weighted by molar-refractivity contribution is 6.02. The van der Waals surface area contributed by atoms with E-state index in [4.69, 9.17) is 10.9 Å². The maximum absolute atomic E-state index is 13.2. The van der Waals surface area contributed by atoms with Crippen molar-refractivity contribution < 1.29 is 14.7 Å². The van der Waals surface area contributed by atoms with Crippen molar-refractivity contribution in [1.82, 2.24) is 0 Å². The molecule has 5 nitrogen and oxygen atoms in total. The van der Waals surface area contributed by atoms with Gasteiger partial charge in [0, 0.05) is 17.8 Å². The number of aliphatic hydroxyl groups excluding tert-OH is 1. The van der Waals surface area contributed by atoms with E-state index >= 15 is 0 Å². The number of oxime groups is 1. The lowest BCUT2D eigenvalue weighted by Crippen LogP contribution is -2.34. The van der Waals surface area contributed by atoms with Gasteiger partial charge in [-0.25, -0.2) is 4.39 Å². The molecule has 0 amide bonds. The van der Waals surface area contributed by atoms with Crippen LogP contribution in [-0.2, 0) is 0 Å². The number of benzene rings is 1. The van der Waals surface area contributed by atoms with Crippen LogP contribution in [0.1, 0.15) is 18.4 Å². The number of aliphatic hydroxyl groups is 1. The molecule has 0 saturated carbocycles. The predicted molar refractivity (Wildman–Crippen MR) is 66.4 cm³/mol. The Hall–Kier alpha value is -1.82. The maximum Gasteiger partial charge on any atom is 0.172 e. The Morgan fingerprint density at radius 2 is 2.33 bits per heavy atom. The molecule has 2 rings (SSSR count). The molecule has 1 aliphatic heterocycles. The first-order valence-electron chi connectivity index (χ1n) is 5.82. The van der Waals surface area contributed by atoms with Crippen molar-refractivity contribution in [2.45, 2.75) is 18.9 Å². The van der Waals surface area contributed by atoms with Crippen molar-refractivity contribution in [2.24, 2.45) is 10.9 Å². The van der Waals surface area contributed by atoms with Crippen molar-refractivity contribution in [3.63, 3.8) is 0 Å². The molecule has 18 heavy (non-hydrogen) atoms. The molecule has 1 heterocycles. The Balaban J connectivity index is 2.43. The summed E-state index contributed by atoms with van der Waals surface area (Å²) in [6.45, 7) is 0.801. The van der Waals surface area contributed by atoms with E-state index in [9.17, 15) is 9.50 Å². The summed E-state index contributed by atoms with van der Waals surface area (Å²) >= 11 is 0. The smallest absolute Gasteiger partial charge is 0.172 e. The quantitative estimate of drug-likeness (QED) is 0.323. The second-order valence-corrected chi connectivity index (χ2v) is 4.32. The number of hydrogen-bond acceptors (Lipinski definition) is 4. The van der Waals surface area contributed by atoms with Gasteiger partial charge in [0.15, 0.2) is 5.84 Å². The normalized spacial score (nSPS) is 20.4. The Morgan fingerprint density at radius 1 is 1.56 bits per heavy atom. The van der Waals surface area contributed by atoms with Crippen LogP contribution in [0.15, 0.2) is 23.4 Å². The Kier molecular flexibility index (Phi) is 3.66. The zero-order chi connectivity index (χ0) is 13.1. The highest BCUT2D eigenvalue weighted by atomic mass is 19.1. The van der Waals surface area contributed by atoms with Crippen molar-refractivity contribution in [3.8, 4) is 0 Å². The number of hydrogen-bond donors (Lipinski definition) is 3. The van der Waals surface area contributed by atoms with Gasteiger partial charge in [0.1, 0.15) is 5.82 Å². The SMILES string of the molecule is N/C(=N/O)c1cc(F)ccc1N1CCCC1CO. The topological polar surface area (TPSA) is 82.1 Å². The summed E-state index contributed by atoms with van der Waals surface area (Å²) in [4.78, 5) is 1.97. The van der Waals surface area contributed by atoms with E-state index < -0.39 is 5.82 Å². The summed E-state index contributed by atoms with van der Waals surface area (Å²) in [6, 6.07) is 4.16. The fraction of sp³-hybridized carbons (Fsp3) is 0.417. The van der Waals surface area contributed by atoms with E-state index in [1.165, 1.54) is 12.1 Å². The summed E-state index contributed by atoms with van der Waals surface area (Å²) in [5.41, 5.74) is 6.59. The standard InChI is InChI=1S/C12H16FN3O2/c13-8-3-4-11(10(6-8)12(14)15-18)16-5-1-2-9(16)7-17/h3-4,6,9,17-18H,1-2,5,7H2,(H2,14,15). The first kappa shape index (κ1) is 12.6. The van der Waals surface area contributed by atoms with Gasteiger partial charge in [0.2, 0.25) is 0 Å². The van der Waals surface area contributed by atoms with Crippen LogP contribution < -0.4 is 10.6 Å². The van der Waals surface area contributed by atoms with Crippen molar-refractivity contribution >= 4 is 11.5 Å². The Labute approximate surface area is 104 Å². The van der Waals surface area contributed by atoms with Crippen molar-refractivity contribution in [2.75, 3.05) is 18.1 Å². The van der Waals surface area contributed by atoms with E-state index in [1.807, 2.05) is 4.90 Å². The molecule has 1 atom stereocenters. The van der Waals surface area contributed by atoms with Crippen LogP contribution in [0, 0.1) is 5.82 Å². The molecule has 0 bridgehead atoms. The molecule has 0 radical (unpaired) electrons. The average molecular weight is 253 g/mol. The van der Waals surface area contributed by atoms with Gasteiger partial charge in [0.25, 0.3) is 0 Å². The lowest BCUT2D eigenvalue weighted by molar-refractivity contribution is 0.266. The molecule has 4 N–H and O–H groups in total. The molecular formula is C12H16FN3O2. The van der Waals surface area contributed by atoms with E-state index in [2.05, 4.69) is 5.16 Å². The number of anilines is 1. The minimum atomic E-state index is -0.444. The largest absolute Gasteiger partial charge is 0.409 e.